The minimum absolute atomic E-state index is 0.0322. The normalized spacial score (nSPS) is 24.5. The summed E-state index contributed by atoms with van der Waals surface area (Å²) >= 11 is 0. The van der Waals surface area contributed by atoms with Gasteiger partial charge in [0, 0.05) is 26.2 Å². The van der Waals surface area contributed by atoms with Crippen LogP contribution in [0.5, 0.6) is 0 Å². The number of sulfonamides is 1. The fourth-order valence-electron chi connectivity index (χ4n) is 6.94. The molecule has 0 aromatic carbocycles. The van der Waals surface area contributed by atoms with Crippen molar-refractivity contribution in [3.8, 4) is 0 Å². The lowest BCUT2D eigenvalue weighted by atomic mass is 9.80. The molecule has 268 valence electrons. The predicted molar refractivity (Wildman–Crippen MR) is 179 cm³/mol. The Hall–Kier alpha value is -2.74. The Balaban J connectivity index is 1.83. The highest BCUT2D eigenvalue weighted by molar-refractivity contribution is 7.89. The molecule has 5 amide bonds. The zero-order valence-corrected chi connectivity index (χ0v) is 30.9. The summed E-state index contributed by atoms with van der Waals surface area (Å²) in [4.78, 5) is 67.8. The van der Waals surface area contributed by atoms with E-state index in [1.807, 2.05) is 55.4 Å². The van der Waals surface area contributed by atoms with Crippen molar-refractivity contribution >= 4 is 39.6 Å². The standard InChI is InChI=1S/C33H58N6O7S/c1-18(2)47(45,46)38(11)17-22(31(3,4)5)36-30(44)37-26(32(6,7)8)29(43)39-16-20-23(33(20,9)10)24(39)28(42)35-21(25(40)27(34)41)15-19-13-12-14-19/h18-24,26H,12-17H2,1-11H3,(H2,34,41)(H,35,42)(H2,36,37,44)/t20-,21?,22+,23-,24-,26+/m0/s1. The number of nitrogens with zero attached hydrogens (tertiary/aromatic N) is 2. The highest BCUT2D eigenvalue weighted by Crippen LogP contribution is 2.65. The molecule has 0 aromatic rings. The molecule has 1 saturated heterocycles. The van der Waals surface area contributed by atoms with Gasteiger partial charge >= 0.3 is 6.03 Å². The first-order valence-electron chi connectivity index (χ1n) is 16.8. The van der Waals surface area contributed by atoms with E-state index in [1.165, 1.54) is 16.3 Å². The van der Waals surface area contributed by atoms with E-state index >= 15 is 0 Å². The summed E-state index contributed by atoms with van der Waals surface area (Å²) in [5.74, 6) is -2.78. The van der Waals surface area contributed by atoms with Crippen molar-refractivity contribution in [3.05, 3.63) is 0 Å². The molecule has 1 aliphatic heterocycles. The van der Waals surface area contributed by atoms with Gasteiger partial charge in [-0.25, -0.2) is 17.5 Å². The number of carbonyl (C=O) groups excluding carboxylic acids is 5. The van der Waals surface area contributed by atoms with Gasteiger partial charge in [0.25, 0.3) is 5.91 Å². The van der Waals surface area contributed by atoms with Gasteiger partial charge < -0.3 is 26.6 Å². The van der Waals surface area contributed by atoms with E-state index in [1.54, 1.807) is 13.8 Å². The third kappa shape index (κ3) is 8.47. The molecule has 13 nitrogen and oxygen atoms in total. The van der Waals surface area contributed by atoms with Crippen LogP contribution in [0.25, 0.3) is 0 Å². The van der Waals surface area contributed by atoms with E-state index in [0.717, 1.165) is 19.3 Å². The van der Waals surface area contributed by atoms with Crippen LogP contribution in [-0.4, -0.2) is 96.7 Å². The maximum Gasteiger partial charge on any atom is 0.315 e. The molecule has 3 rings (SSSR count). The number of hydrogen-bond acceptors (Lipinski definition) is 7. The van der Waals surface area contributed by atoms with Crippen LogP contribution in [0, 0.1) is 34.0 Å². The molecule has 3 fully saturated rings. The van der Waals surface area contributed by atoms with Gasteiger partial charge in [0.05, 0.1) is 11.3 Å². The van der Waals surface area contributed by atoms with E-state index in [-0.39, 0.29) is 29.7 Å². The van der Waals surface area contributed by atoms with Gasteiger partial charge in [-0.15, -0.1) is 0 Å². The van der Waals surface area contributed by atoms with Crippen LogP contribution in [0.4, 0.5) is 4.79 Å². The molecule has 0 aromatic heterocycles. The predicted octanol–water partition coefficient (Wildman–Crippen LogP) is 2.00. The second kappa shape index (κ2) is 13.6. The summed E-state index contributed by atoms with van der Waals surface area (Å²) in [6.07, 6.45) is 3.16. The van der Waals surface area contributed by atoms with Crippen molar-refractivity contribution in [1.82, 2.24) is 25.2 Å². The minimum Gasteiger partial charge on any atom is -0.363 e. The first kappa shape index (κ1) is 38.7. The Morgan fingerprint density at radius 1 is 0.957 bits per heavy atom. The average Bonchev–Trinajstić information content (AvgIpc) is 3.22. The second-order valence-electron chi connectivity index (χ2n) is 16.9. The highest BCUT2D eigenvalue weighted by Gasteiger charge is 2.70. The molecule has 1 heterocycles. The SMILES string of the molecule is CC(C)S(=O)(=O)N(C)C[C@@H](NC(=O)N[C@H](C(=O)N1C[C@H]2[C@@H]([C@H]1C(=O)NC(CC1CCC1)C(=O)C(N)=O)C2(C)C)C(C)(C)C)C(C)(C)C. The molecule has 0 spiro atoms. The van der Waals surface area contributed by atoms with Crippen molar-refractivity contribution in [2.45, 2.75) is 124 Å². The minimum atomic E-state index is -3.57. The molecule has 3 aliphatic rings. The number of nitrogens with one attached hydrogen (secondary N) is 3. The fourth-order valence-corrected chi connectivity index (χ4v) is 8.01. The first-order chi connectivity index (χ1) is 21.3. The summed E-state index contributed by atoms with van der Waals surface area (Å²) in [5.41, 5.74) is 3.83. The number of ketones is 1. The molecule has 5 N–H and O–H groups in total. The number of likely N-dealkylation sites (N-methyl/N-ethyl adjacent to an activating group) is 1. The van der Waals surface area contributed by atoms with Crippen LogP contribution in [0.3, 0.4) is 0 Å². The van der Waals surface area contributed by atoms with E-state index in [2.05, 4.69) is 16.0 Å². The zero-order valence-electron chi connectivity index (χ0n) is 30.1. The lowest BCUT2D eigenvalue weighted by Gasteiger charge is -2.39. The fraction of sp³-hybridized carbons (Fsp3) is 0.848. The van der Waals surface area contributed by atoms with E-state index < -0.39 is 79.8 Å². The highest BCUT2D eigenvalue weighted by atomic mass is 32.2. The average molecular weight is 683 g/mol. The van der Waals surface area contributed by atoms with Gasteiger partial charge in [-0.1, -0.05) is 74.7 Å². The number of piperidine rings is 1. The Labute approximate surface area is 280 Å². The van der Waals surface area contributed by atoms with E-state index in [4.69, 9.17) is 5.73 Å². The number of nitrogens with two attached hydrogens (primary N) is 1. The first-order valence-corrected chi connectivity index (χ1v) is 18.3. The lowest BCUT2D eigenvalue weighted by Crippen LogP contribution is -2.62. The Morgan fingerprint density at radius 2 is 1.53 bits per heavy atom. The molecule has 2 saturated carbocycles. The van der Waals surface area contributed by atoms with Crippen molar-refractivity contribution in [2.75, 3.05) is 20.1 Å². The third-order valence-electron chi connectivity index (χ3n) is 10.6. The van der Waals surface area contributed by atoms with Gasteiger partial charge in [0.1, 0.15) is 12.1 Å². The molecular weight excluding hydrogens is 624 g/mol. The van der Waals surface area contributed by atoms with Crippen LogP contribution < -0.4 is 21.7 Å². The molecular formula is C33H58N6O7S. The van der Waals surface area contributed by atoms with Crippen LogP contribution in [0.2, 0.25) is 0 Å². The topological polar surface area (TPSA) is 188 Å². The number of rotatable bonds is 13. The number of hydrogen-bond donors (Lipinski definition) is 4. The smallest absolute Gasteiger partial charge is 0.315 e. The Kier molecular flexibility index (Phi) is 11.2. The lowest BCUT2D eigenvalue weighted by molar-refractivity contribution is -0.145. The van der Waals surface area contributed by atoms with Crippen molar-refractivity contribution in [3.63, 3.8) is 0 Å². The second-order valence-corrected chi connectivity index (χ2v) is 19.5. The number of urea groups is 1. The maximum atomic E-state index is 14.3. The third-order valence-corrected chi connectivity index (χ3v) is 12.8. The molecule has 47 heavy (non-hydrogen) atoms. The van der Waals surface area contributed by atoms with Gasteiger partial charge in [0.15, 0.2) is 0 Å². The van der Waals surface area contributed by atoms with Gasteiger partial charge in [-0.3, -0.25) is 19.2 Å². The Bertz CT molecular complexity index is 1350. The van der Waals surface area contributed by atoms with Crippen molar-refractivity contribution in [2.24, 2.45) is 39.7 Å². The number of amides is 5. The summed E-state index contributed by atoms with van der Waals surface area (Å²) in [7, 11) is -2.09. The molecule has 1 unspecified atom stereocenters. The van der Waals surface area contributed by atoms with Crippen LogP contribution in [0.1, 0.15) is 94.9 Å². The largest absolute Gasteiger partial charge is 0.363 e. The number of likely N-dealkylation sites (tertiary alicyclic amines) is 1. The Morgan fingerprint density at radius 3 is 1.98 bits per heavy atom. The molecule has 14 heteroatoms. The number of primary amides is 1. The summed E-state index contributed by atoms with van der Waals surface area (Å²) in [5, 5.41) is 7.89. The number of fused-ring (bicyclic) bond motifs is 1. The molecule has 0 bridgehead atoms. The van der Waals surface area contributed by atoms with Gasteiger partial charge in [-0.05, 0) is 54.3 Å². The number of Topliss-reactive ketones (excluding diaryl/α,β-unsaturated/α-hetero) is 1. The molecule has 0 radical (unpaired) electrons. The monoisotopic (exact) mass is 682 g/mol. The maximum absolute atomic E-state index is 14.3. The van der Waals surface area contributed by atoms with Crippen LogP contribution in [0.15, 0.2) is 0 Å². The summed E-state index contributed by atoms with van der Waals surface area (Å²) < 4.78 is 26.8. The van der Waals surface area contributed by atoms with Crippen LogP contribution >= 0.6 is 0 Å². The zero-order chi connectivity index (χ0) is 36.0. The van der Waals surface area contributed by atoms with E-state index in [0.29, 0.717) is 13.0 Å². The molecule has 2 aliphatic carbocycles. The molecule has 6 atom stereocenters. The van der Waals surface area contributed by atoms with Gasteiger partial charge in [-0.2, -0.15) is 0 Å². The van der Waals surface area contributed by atoms with Gasteiger partial charge in [0.2, 0.25) is 27.6 Å². The van der Waals surface area contributed by atoms with Crippen molar-refractivity contribution < 1.29 is 32.4 Å². The van der Waals surface area contributed by atoms with E-state index in [9.17, 15) is 32.4 Å². The quantitative estimate of drug-likeness (QED) is 0.214. The van der Waals surface area contributed by atoms with Crippen LogP contribution in [-0.2, 0) is 29.2 Å². The number of carbonyl (C=O) groups is 5. The van der Waals surface area contributed by atoms with Crippen molar-refractivity contribution in [1.29, 1.82) is 0 Å². The summed E-state index contributed by atoms with van der Waals surface area (Å²) in [6, 6.07) is -4.21. The summed E-state index contributed by atoms with van der Waals surface area (Å²) in [6.45, 7) is 18.7.